The first kappa shape index (κ1) is 8.01. The molecular formula is C6H10BrNO2. The molecule has 0 unspecified atom stereocenters. The van der Waals surface area contributed by atoms with Crippen molar-refractivity contribution < 1.29 is 9.63 Å². The molecule has 0 bridgehead atoms. The van der Waals surface area contributed by atoms with E-state index in [0.717, 1.165) is 11.8 Å². The summed E-state index contributed by atoms with van der Waals surface area (Å²) in [6, 6.07) is 0. The third-order valence-electron chi connectivity index (χ3n) is 1.34. The van der Waals surface area contributed by atoms with Gasteiger partial charge in [0.25, 0.3) is 0 Å². The van der Waals surface area contributed by atoms with Crippen molar-refractivity contribution in [1.82, 2.24) is 5.06 Å². The Balaban J connectivity index is 2.20. The minimum atomic E-state index is 0.112. The van der Waals surface area contributed by atoms with Crippen molar-refractivity contribution in [3.05, 3.63) is 0 Å². The van der Waals surface area contributed by atoms with Crippen LogP contribution in [0.4, 0.5) is 0 Å². The zero-order valence-corrected chi connectivity index (χ0v) is 7.26. The number of carbonyl (C=O) groups excluding carboxylic acids is 1. The summed E-state index contributed by atoms with van der Waals surface area (Å²) in [4.78, 5) is 15.9. The smallest absolute Gasteiger partial charge is 0.248 e. The van der Waals surface area contributed by atoms with Crippen molar-refractivity contribution >= 4 is 21.8 Å². The van der Waals surface area contributed by atoms with Crippen LogP contribution in [0.25, 0.3) is 0 Å². The molecule has 1 heterocycles. The lowest BCUT2D eigenvalue weighted by molar-refractivity contribution is -0.161. The minimum Gasteiger partial charge on any atom is -0.272 e. The van der Waals surface area contributed by atoms with E-state index in [1.165, 1.54) is 5.06 Å². The summed E-state index contributed by atoms with van der Waals surface area (Å²) in [6.45, 7) is 1.27. The van der Waals surface area contributed by atoms with Gasteiger partial charge >= 0.3 is 0 Å². The number of hydrogen-bond acceptors (Lipinski definition) is 2. The summed E-state index contributed by atoms with van der Waals surface area (Å²) in [6.07, 6.45) is 1.49. The Bertz CT molecular complexity index is 129. The summed E-state index contributed by atoms with van der Waals surface area (Å²) in [5, 5.41) is 2.36. The van der Waals surface area contributed by atoms with Gasteiger partial charge in [-0.25, -0.2) is 5.06 Å². The Labute approximate surface area is 68.4 Å². The van der Waals surface area contributed by atoms with Crippen LogP contribution in [0.3, 0.4) is 0 Å². The van der Waals surface area contributed by atoms with Gasteiger partial charge in [-0.3, -0.25) is 9.63 Å². The second-order valence-electron chi connectivity index (χ2n) is 2.12. The first-order valence-electron chi connectivity index (χ1n) is 3.34. The highest BCUT2D eigenvalue weighted by Crippen LogP contribution is 2.06. The van der Waals surface area contributed by atoms with Crippen LogP contribution in [-0.2, 0) is 9.63 Å². The highest BCUT2D eigenvalue weighted by Gasteiger charge is 2.20. The third-order valence-corrected chi connectivity index (χ3v) is 1.90. The topological polar surface area (TPSA) is 29.5 Å². The molecule has 58 valence electrons. The number of rotatable bonds is 3. The molecule has 0 aliphatic carbocycles. The molecule has 10 heavy (non-hydrogen) atoms. The average Bonchev–Trinajstić information content (AvgIpc) is 2.31. The van der Waals surface area contributed by atoms with E-state index in [1.54, 1.807) is 0 Å². The number of hydroxylamine groups is 2. The Morgan fingerprint density at radius 3 is 3.00 bits per heavy atom. The highest BCUT2D eigenvalue weighted by molar-refractivity contribution is 9.09. The van der Waals surface area contributed by atoms with E-state index in [0.29, 0.717) is 19.6 Å². The zero-order chi connectivity index (χ0) is 7.40. The van der Waals surface area contributed by atoms with Crippen molar-refractivity contribution in [1.29, 1.82) is 0 Å². The number of nitrogens with zero attached hydrogens (tertiary/aromatic N) is 1. The summed E-state index contributed by atoms with van der Waals surface area (Å²) >= 11 is 3.28. The van der Waals surface area contributed by atoms with Gasteiger partial charge in [0.2, 0.25) is 5.91 Å². The maximum absolute atomic E-state index is 10.9. The molecule has 0 aromatic carbocycles. The molecular weight excluding hydrogens is 198 g/mol. The minimum absolute atomic E-state index is 0.112. The largest absolute Gasteiger partial charge is 0.272 e. The van der Waals surface area contributed by atoms with Crippen LogP contribution in [0, 0.1) is 0 Å². The fourth-order valence-corrected chi connectivity index (χ4v) is 1.08. The summed E-state index contributed by atoms with van der Waals surface area (Å²) < 4.78 is 0. The van der Waals surface area contributed by atoms with Gasteiger partial charge in [-0.05, 0) is 6.42 Å². The van der Waals surface area contributed by atoms with Gasteiger partial charge in [-0.2, -0.15) is 0 Å². The summed E-state index contributed by atoms with van der Waals surface area (Å²) in [7, 11) is 0. The molecule has 0 atom stereocenters. The van der Waals surface area contributed by atoms with E-state index in [2.05, 4.69) is 15.9 Å². The molecule has 0 aromatic rings. The predicted octanol–water partition coefficient (Wildman–Crippen LogP) is 0.935. The standard InChI is InChI=1S/C6H10BrNO2/c7-3-1-4-8-6(9)2-5-10-8/h1-5H2. The van der Waals surface area contributed by atoms with Crippen molar-refractivity contribution in [2.24, 2.45) is 0 Å². The molecule has 3 nitrogen and oxygen atoms in total. The molecule has 0 aromatic heterocycles. The Morgan fingerprint density at radius 2 is 2.50 bits per heavy atom. The second-order valence-corrected chi connectivity index (χ2v) is 2.91. The number of carbonyl (C=O) groups is 1. The maximum atomic E-state index is 10.9. The fourth-order valence-electron chi connectivity index (χ4n) is 0.832. The molecule has 1 aliphatic rings. The molecule has 0 N–H and O–H groups in total. The molecule has 1 saturated heterocycles. The van der Waals surface area contributed by atoms with Crippen LogP contribution in [-0.4, -0.2) is 29.5 Å². The first-order chi connectivity index (χ1) is 4.84. The summed E-state index contributed by atoms with van der Waals surface area (Å²) in [5.74, 6) is 0.112. The third kappa shape index (κ3) is 1.95. The van der Waals surface area contributed by atoms with E-state index < -0.39 is 0 Å². The molecule has 1 fully saturated rings. The van der Waals surface area contributed by atoms with Crippen molar-refractivity contribution in [3.8, 4) is 0 Å². The molecule has 0 radical (unpaired) electrons. The van der Waals surface area contributed by atoms with Gasteiger partial charge in [0.15, 0.2) is 0 Å². The van der Waals surface area contributed by atoms with Crippen molar-refractivity contribution in [2.45, 2.75) is 12.8 Å². The van der Waals surface area contributed by atoms with E-state index in [4.69, 9.17) is 4.84 Å². The molecule has 1 amide bonds. The van der Waals surface area contributed by atoms with E-state index in [9.17, 15) is 4.79 Å². The average molecular weight is 208 g/mol. The van der Waals surface area contributed by atoms with Crippen LogP contribution in [0.2, 0.25) is 0 Å². The SMILES string of the molecule is O=C1CCON1CCCBr. The number of amides is 1. The lowest BCUT2D eigenvalue weighted by Gasteiger charge is -2.11. The second kappa shape index (κ2) is 3.93. The fraction of sp³-hybridized carbons (Fsp3) is 0.833. The van der Waals surface area contributed by atoms with Gasteiger partial charge in [-0.1, -0.05) is 15.9 Å². The predicted molar refractivity (Wildman–Crippen MR) is 40.7 cm³/mol. The first-order valence-corrected chi connectivity index (χ1v) is 4.46. The highest BCUT2D eigenvalue weighted by atomic mass is 79.9. The van der Waals surface area contributed by atoms with Crippen LogP contribution in [0.1, 0.15) is 12.8 Å². The Morgan fingerprint density at radius 1 is 1.70 bits per heavy atom. The van der Waals surface area contributed by atoms with Crippen molar-refractivity contribution in [3.63, 3.8) is 0 Å². The molecule has 0 spiro atoms. The number of hydrogen-bond donors (Lipinski definition) is 0. The van der Waals surface area contributed by atoms with E-state index >= 15 is 0 Å². The van der Waals surface area contributed by atoms with Gasteiger partial charge in [0, 0.05) is 11.9 Å². The normalized spacial score (nSPS) is 18.5. The molecule has 1 rings (SSSR count). The van der Waals surface area contributed by atoms with Gasteiger partial charge in [0.05, 0.1) is 13.0 Å². The van der Waals surface area contributed by atoms with Crippen molar-refractivity contribution in [2.75, 3.05) is 18.5 Å². The quantitative estimate of drug-likeness (QED) is 0.646. The monoisotopic (exact) mass is 207 g/mol. The number of halogens is 1. The lowest BCUT2D eigenvalue weighted by atomic mass is 10.4. The van der Waals surface area contributed by atoms with E-state index in [1.807, 2.05) is 0 Å². The molecule has 4 heteroatoms. The van der Waals surface area contributed by atoms with Crippen LogP contribution in [0.15, 0.2) is 0 Å². The van der Waals surface area contributed by atoms with Gasteiger partial charge < -0.3 is 0 Å². The molecule has 1 aliphatic heterocycles. The Kier molecular flexibility index (Phi) is 3.15. The van der Waals surface area contributed by atoms with Gasteiger partial charge in [0.1, 0.15) is 0 Å². The van der Waals surface area contributed by atoms with Gasteiger partial charge in [-0.15, -0.1) is 0 Å². The maximum Gasteiger partial charge on any atom is 0.248 e. The van der Waals surface area contributed by atoms with Crippen LogP contribution >= 0.6 is 15.9 Å². The Hall–Kier alpha value is -0.0900. The summed E-state index contributed by atoms with van der Waals surface area (Å²) in [5.41, 5.74) is 0. The van der Waals surface area contributed by atoms with Crippen LogP contribution < -0.4 is 0 Å². The zero-order valence-electron chi connectivity index (χ0n) is 5.68. The van der Waals surface area contributed by atoms with Crippen LogP contribution in [0.5, 0.6) is 0 Å². The molecule has 0 saturated carbocycles. The van der Waals surface area contributed by atoms with E-state index in [-0.39, 0.29) is 5.91 Å². The number of alkyl halides is 1. The lowest BCUT2D eigenvalue weighted by Crippen LogP contribution is -2.24.